The maximum Gasteiger partial charge on any atom is 0.223 e. The predicted octanol–water partition coefficient (Wildman–Crippen LogP) is 1.48. The molecule has 0 bridgehead atoms. The molecule has 128 valence electrons. The number of methoxy groups -OCH3 is 1. The van der Waals surface area contributed by atoms with Crippen molar-refractivity contribution in [2.75, 3.05) is 25.5 Å². The van der Waals surface area contributed by atoms with Crippen LogP contribution >= 0.6 is 0 Å². The molecule has 6 nitrogen and oxygen atoms in total. The Balaban J connectivity index is 1.62. The molecule has 0 saturated heterocycles. The van der Waals surface area contributed by atoms with Crippen molar-refractivity contribution in [3.05, 3.63) is 23.9 Å². The fourth-order valence-corrected chi connectivity index (χ4v) is 2.84. The topological polar surface area (TPSA) is 83.5 Å². The number of nitrogens with zero attached hydrogens (tertiary/aromatic N) is 1. The summed E-state index contributed by atoms with van der Waals surface area (Å²) in [5.74, 6) is 0.855. The van der Waals surface area contributed by atoms with Crippen LogP contribution in [-0.2, 0) is 9.53 Å². The SMILES string of the molecule is CO[C@@H]1C[C@H](C(=O)NCCCNc2ccc(C)cn2)CC[C@@H]1O. The Morgan fingerprint density at radius 3 is 2.91 bits per heavy atom. The molecule has 1 fully saturated rings. The summed E-state index contributed by atoms with van der Waals surface area (Å²) in [6, 6.07) is 3.97. The first-order chi connectivity index (χ1) is 11.1. The van der Waals surface area contributed by atoms with Crippen LogP contribution in [0.15, 0.2) is 18.3 Å². The van der Waals surface area contributed by atoms with Gasteiger partial charge in [-0.2, -0.15) is 0 Å². The number of aromatic nitrogens is 1. The third kappa shape index (κ3) is 5.48. The zero-order valence-electron chi connectivity index (χ0n) is 13.9. The number of hydrogen-bond donors (Lipinski definition) is 3. The van der Waals surface area contributed by atoms with Gasteiger partial charge in [-0.3, -0.25) is 4.79 Å². The smallest absolute Gasteiger partial charge is 0.223 e. The van der Waals surface area contributed by atoms with Crippen LogP contribution in [0.5, 0.6) is 0 Å². The van der Waals surface area contributed by atoms with Crippen LogP contribution in [0, 0.1) is 12.8 Å². The zero-order chi connectivity index (χ0) is 16.7. The summed E-state index contributed by atoms with van der Waals surface area (Å²) < 4.78 is 5.24. The molecule has 1 heterocycles. The van der Waals surface area contributed by atoms with E-state index in [1.165, 1.54) is 0 Å². The van der Waals surface area contributed by atoms with E-state index in [0.717, 1.165) is 30.8 Å². The molecule has 23 heavy (non-hydrogen) atoms. The largest absolute Gasteiger partial charge is 0.390 e. The number of amides is 1. The second-order valence-corrected chi connectivity index (χ2v) is 6.14. The molecule has 3 atom stereocenters. The first-order valence-corrected chi connectivity index (χ1v) is 8.25. The molecule has 6 heteroatoms. The Morgan fingerprint density at radius 2 is 2.22 bits per heavy atom. The third-order valence-corrected chi connectivity index (χ3v) is 4.30. The van der Waals surface area contributed by atoms with E-state index in [2.05, 4.69) is 15.6 Å². The molecular weight excluding hydrogens is 294 g/mol. The lowest BCUT2D eigenvalue weighted by Gasteiger charge is -2.31. The molecule has 0 aliphatic heterocycles. The van der Waals surface area contributed by atoms with Gasteiger partial charge in [0.15, 0.2) is 0 Å². The van der Waals surface area contributed by atoms with E-state index in [4.69, 9.17) is 4.74 Å². The van der Waals surface area contributed by atoms with Crippen molar-refractivity contribution < 1.29 is 14.6 Å². The molecule has 3 N–H and O–H groups in total. The van der Waals surface area contributed by atoms with Crippen molar-refractivity contribution in [3.63, 3.8) is 0 Å². The van der Waals surface area contributed by atoms with Crippen LogP contribution in [0.3, 0.4) is 0 Å². The summed E-state index contributed by atoms with van der Waals surface area (Å²) in [6.07, 6.45) is 3.92. The number of pyridine rings is 1. The minimum absolute atomic E-state index is 0.0601. The van der Waals surface area contributed by atoms with Crippen molar-refractivity contribution in [1.82, 2.24) is 10.3 Å². The number of rotatable bonds is 7. The number of ether oxygens (including phenoxy) is 1. The Kier molecular flexibility index (Phi) is 6.80. The van der Waals surface area contributed by atoms with Gasteiger partial charge in [-0.1, -0.05) is 6.07 Å². The van der Waals surface area contributed by atoms with Gasteiger partial charge in [0.05, 0.1) is 12.2 Å². The summed E-state index contributed by atoms with van der Waals surface area (Å²) in [7, 11) is 1.58. The number of carbonyl (C=O) groups is 1. The Bertz CT molecular complexity index is 492. The second kappa shape index (κ2) is 8.84. The Morgan fingerprint density at radius 1 is 1.39 bits per heavy atom. The minimum Gasteiger partial charge on any atom is -0.390 e. The second-order valence-electron chi connectivity index (χ2n) is 6.14. The van der Waals surface area contributed by atoms with E-state index >= 15 is 0 Å². The number of carbonyl (C=O) groups excluding carboxylic acids is 1. The molecule has 1 aromatic rings. The molecule has 0 spiro atoms. The highest BCUT2D eigenvalue weighted by Gasteiger charge is 2.32. The molecule has 0 aromatic carbocycles. The number of nitrogens with one attached hydrogen (secondary N) is 2. The van der Waals surface area contributed by atoms with Crippen molar-refractivity contribution in [2.24, 2.45) is 5.92 Å². The van der Waals surface area contributed by atoms with E-state index in [9.17, 15) is 9.90 Å². The number of aliphatic hydroxyl groups is 1. The Hall–Kier alpha value is -1.66. The van der Waals surface area contributed by atoms with Crippen molar-refractivity contribution in [1.29, 1.82) is 0 Å². The maximum absolute atomic E-state index is 12.2. The molecule has 2 rings (SSSR count). The van der Waals surface area contributed by atoms with Gasteiger partial charge < -0.3 is 20.5 Å². The van der Waals surface area contributed by atoms with Crippen LogP contribution in [0.1, 0.15) is 31.2 Å². The van der Waals surface area contributed by atoms with Crippen LogP contribution in [0.4, 0.5) is 5.82 Å². The van der Waals surface area contributed by atoms with Crippen LogP contribution in [0.25, 0.3) is 0 Å². The van der Waals surface area contributed by atoms with Gasteiger partial charge in [0.25, 0.3) is 0 Å². The number of hydrogen-bond acceptors (Lipinski definition) is 5. The van der Waals surface area contributed by atoms with E-state index < -0.39 is 6.10 Å². The summed E-state index contributed by atoms with van der Waals surface area (Å²) in [5.41, 5.74) is 1.13. The van der Waals surface area contributed by atoms with E-state index in [-0.39, 0.29) is 17.9 Å². The highest BCUT2D eigenvalue weighted by atomic mass is 16.5. The summed E-state index contributed by atoms with van der Waals surface area (Å²) in [5, 5.41) is 16.0. The quantitative estimate of drug-likeness (QED) is 0.663. The normalized spacial score (nSPS) is 24.2. The van der Waals surface area contributed by atoms with E-state index in [0.29, 0.717) is 19.4 Å². The van der Waals surface area contributed by atoms with E-state index in [1.807, 2.05) is 25.3 Å². The van der Waals surface area contributed by atoms with Gasteiger partial charge >= 0.3 is 0 Å². The van der Waals surface area contributed by atoms with Gasteiger partial charge in [0, 0.05) is 32.3 Å². The summed E-state index contributed by atoms with van der Waals surface area (Å²) in [6.45, 7) is 3.40. The van der Waals surface area contributed by atoms with E-state index in [1.54, 1.807) is 7.11 Å². The van der Waals surface area contributed by atoms with Gasteiger partial charge in [0.2, 0.25) is 5.91 Å². The average molecular weight is 321 g/mol. The standard InChI is InChI=1S/C17H27N3O3/c1-12-4-7-16(20-11-12)18-8-3-9-19-17(22)13-5-6-14(21)15(10-13)23-2/h4,7,11,13-15,21H,3,5-6,8-10H2,1-2H3,(H,18,20)(H,19,22)/t13-,14+,15-/m1/s1. The summed E-state index contributed by atoms with van der Waals surface area (Å²) >= 11 is 0. The van der Waals surface area contributed by atoms with Crippen molar-refractivity contribution in [3.8, 4) is 0 Å². The van der Waals surface area contributed by atoms with Crippen molar-refractivity contribution in [2.45, 2.75) is 44.8 Å². The fourth-order valence-electron chi connectivity index (χ4n) is 2.84. The minimum atomic E-state index is -0.449. The van der Waals surface area contributed by atoms with Crippen LogP contribution in [-0.4, -0.2) is 48.4 Å². The molecular formula is C17H27N3O3. The molecule has 1 aliphatic rings. The molecule has 0 unspecified atom stereocenters. The molecule has 0 radical (unpaired) electrons. The zero-order valence-corrected chi connectivity index (χ0v) is 13.9. The molecule has 1 aliphatic carbocycles. The number of anilines is 1. The van der Waals surface area contributed by atoms with Crippen molar-refractivity contribution >= 4 is 11.7 Å². The highest BCUT2D eigenvalue weighted by Crippen LogP contribution is 2.26. The lowest BCUT2D eigenvalue weighted by Crippen LogP contribution is -2.41. The molecule has 1 saturated carbocycles. The van der Waals surface area contributed by atoms with Crippen LogP contribution in [0.2, 0.25) is 0 Å². The van der Waals surface area contributed by atoms with Gasteiger partial charge in [0.1, 0.15) is 5.82 Å². The van der Waals surface area contributed by atoms with Gasteiger partial charge in [-0.25, -0.2) is 4.98 Å². The molecule has 1 aromatic heterocycles. The first kappa shape index (κ1) is 17.7. The number of aryl methyl sites for hydroxylation is 1. The average Bonchev–Trinajstić information content (AvgIpc) is 2.56. The van der Waals surface area contributed by atoms with Gasteiger partial charge in [-0.05, 0) is 44.2 Å². The lowest BCUT2D eigenvalue weighted by molar-refractivity contribution is -0.130. The highest BCUT2D eigenvalue weighted by molar-refractivity contribution is 5.78. The Labute approximate surface area is 137 Å². The first-order valence-electron chi connectivity index (χ1n) is 8.25. The fraction of sp³-hybridized carbons (Fsp3) is 0.647. The third-order valence-electron chi connectivity index (χ3n) is 4.30. The number of aliphatic hydroxyl groups excluding tert-OH is 1. The lowest BCUT2D eigenvalue weighted by atomic mass is 9.84. The summed E-state index contributed by atoms with van der Waals surface area (Å²) in [4.78, 5) is 16.4. The molecule has 1 amide bonds. The monoisotopic (exact) mass is 321 g/mol. The predicted molar refractivity (Wildman–Crippen MR) is 89.2 cm³/mol. The van der Waals surface area contributed by atoms with Crippen LogP contribution < -0.4 is 10.6 Å². The maximum atomic E-state index is 12.2. The van der Waals surface area contributed by atoms with Gasteiger partial charge in [-0.15, -0.1) is 0 Å².